The SMILES string of the molecule is CCNc1nc(C)cc(N2CCCC(NC(=O)c3cc(Cl)cc(Cl)c3)C2)n1. The molecule has 6 nitrogen and oxygen atoms in total. The monoisotopic (exact) mass is 407 g/mol. The predicted octanol–water partition coefficient (Wildman–Crippen LogP) is 3.92. The molecule has 2 heterocycles. The van der Waals surface area contributed by atoms with Crippen molar-refractivity contribution in [2.75, 3.05) is 29.9 Å². The van der Waals surface area contributed by atoms with Gasteiger partial charge in [-0.25, -0.2) is 4.98 Å². The molecule has 0 spiro atoms. The topological polar surface area (TPSA) is 70.2 Å². The van der Waals surface area contributed by atoms with E-state index in [1.54, 1.807) is 18.2 Å². The molecule has 27 heavy (non-hydrogen) atoms. The number of carbonyl (C=O) groups excluding carboxylic acids is 1. The number of aryl methyl sites for hydroxylation is 1. The van der Waals surface area contributed by atoms with E-state index in [4.69, 9.17) is 23.2 Å². The Hall–Kier alpha value is -2.05. The van der Waals surface area contributed by atoms with Gasteiger partial charge in [0.25, 0.3) is 5.91 Å². The minimum atomic E-state index is -0.168. The average Bonchev–Trinajstić information content (AvgIpc) is 2.61. The molecule has 1 unspecified atom stereocenters. The number of piperidine rings is 1. The summed E-state index contributed by atoms with van der Waals surface area (Å²) in [6, 6.07) is 6.87. The number of hydrogen-bond donors (Lipinski definition) is 2. The molecular weight excluding hydrogens is 385 g/mol. The van der Waals surface area contributed by atoms with Gasteiger partial charge in [0.15, 0.2) is 0 Å². The van der Waals surface area contributed by atoms with Crippen LogP contribution in [0, 0.1) is 6.92 Å². The summed E-state index contributed by atoms with van der Waals surface area (Å²) >= 11 is 12.0. The molecule has 2 N–H and O–H groups in total. The lowest BCUT2D eigenvalue weighted by Crippen LogP contribution is -2.48. The number of aromatic nitrogens is 2. The molecule has 1 saturated heterocycles. The largest absolute Gasteiger partial charge is 0.354 e. The van der Waals surface area contributed by atoms with Crippen molar-refractivity contribution in [1.82, 2.24) is 15.3 Å². The fourth-order valence-electron chi connectivity index (χ4n) is 3.21. The molecule has 1 aromatic heterocycles. The van der Waals surface area contributed by atoms with Gasteiger partial charge in [-0.2, -0.15) is 4.98 Å². The second kappa shape index (κ2) is 8.76. The number of benzene rings is 1. The van der Waals surface area contributed by atoms with Crippen LogP contribution in [0.1, 0.15) is 35.8 Å². The van der Waals surface area contributed by atoms with E-state index in [1.807, 2.05) is 19.9 Å². The van der Waals surface area contributed by atoms with E-state index in [9.17, 15) is 4.79 Å². The van der Waals surface area contributed by atoms with Gasteiger partial charge < -0.3 is 15.5 Å². The van der Waals surface area contributed by atoms with Gasteiger partial charge in [0.2, 0.25) is 5.95 Å². The van der Waals surface area contributed by atoms with Crippen LogP contribution in [0.5, 0.6) is 0 Å². The van der Waals surface area contributed by atoms with Crippen molar-refractivity contribution in [1.29, 1.82) is 0 Å². The summed E-state index contributed by atoms with van der Waals surface area (Å²) in [4.78, 5) is 23.8. The van der Waals surface area contributed by atoms with Gasteiger partial charge in [-0.05, 0) is 44.9 Å². The Morgan fingerprint density at radius 3 is 2.67 bits per heavy atom. The molecule has 0 aliphatic carbocycles. The zero-order valence-corrected chi connectivity index (χ0v) is 16.9. The van der Waals surface area contributed by atoms with E-state index in [-0.39, 0.29) is 11.9 Å². The molecule has 1 aliphatic rings. The zero-order valence-electron chi connectivity index (χ0n) is 15.4. The average molecular weight is 408 g/mol. The molecule has 1 aliphatic heterocycles. The number of carbonyl (C=O) groups is 1. The Morgan fingerprint density at radius 2 is 1.96 bits per heavy atom. The van der Waals surface area contributed by atoms with E-state index in [2.05, 4.69) is 25.5 Å². The highest BCUT2D eigenvalue weighted by molar-refractivity contribution is 6.35. The molecular formula is C19H23Cl2N5O. The van der Waals surface area contributed by atoms with Crippen LogP contribution in [0.25, 0.3) is 0 Å². The van der Waals surface area contributed by atoms with Crippen LogP contribution in [0.3, 0.4) is 0 Å². The summed E-state index contributed by atoms with van der Waals surface area (Å²) in [7, 11) is 0. The number of nitrogens with one attached hydrogen (secondary N) is 2. The second-order valence-electron chi connectivity index (χ2n) is 6.64. The van der Waals surface area contributed by atoms with E-state index in [0.717, 1.165) is 37.4 Å². The Kier molecular flexibility index (Phi) is 6.39. The molecule has 1 fully saturated rings. The Labute approximate surface area is 169 Å². The fourth-order valence-corrected chi connectivity index (χ4v) is 3.73. The lowest BCUT2D eigenvalue weighted by atomic mass is 10.0. The Morgan fingerprint density at radius 1 is 1.22 bits per heavy atom. The molecule has 144 valence electrons. The van der Waals surface area contributed by atoms with Crippen molar-refractivity contribution < 1.29 is 4.79 Å². The third-order valence-corrected chi connectivity index (χ3v) is 4.82. The Bertz CT molecular complexity index is 809. The van der Waals surface area contributed by atoms with E-state index < -0.39 is 0 Å². The summed E-state index contributed by atoms with van der Waals surface area (Å²) in [5.74, 6) is 1.34. The van der Waals surface area contributed by atoms with Crippen LogP contribution in [-0.2, 0) is 0 Å². The highest BCUT2D eigenvalue weighted by Crippen LogP contribution is 2.22. The zero-order chi connectivity index (χ0) is 19.4. The number of halogens is 2. The molecule has 0 bridgehead atoms. The highest BCUT2D eigenvalue weighted by Gasteiger charge is 2.23. The third-order valence-electron chi connectivity index (χ3n) is 4.38. The van der Waals surface area contributed by atoms with Gasteiger partial charge in [0.1, 0.15) is 5.82 Å². The predicted molar refractivity (Wildman–Crippen MR) is 110 cm³/mol. The van der Waals surface area contributed by atoms with Crippen LogP contribution >= 0.6 is 23.2 Å². The lowest BCUT2D eigenvalue weighted by molar-refractivity contribution is 0.0933. The molecule has 0 saturated carbocycles. The first-order chi connectivity index (χ1) is 12.9. The van der Waals surface area contributed by atoms with E-state index >= 15 is 0 Å². The van der Waals surface area contributed by atoms with Gasteiger partial charge in [0.05, 0.1) is 0 Å². The van der Waals surface area contributed by atoms with Gasteiger partial charge in [-0.1, -0.05) is 23.2 Å². The van der Waals surface area contributed by atoms with Crippen molar-refractivity contribution in [2.24, 2.45) is 0 Å². The molecule has 0 radical (unpaired) electrons. The quantitative estimate of drug-likeness (QED) is 0.785. The molecule has 1 amide bonds. The first kappa shape index (κ1) is 19.7. The normalized spacial score (nSPS) is 16.9. The lowest BCUT2D eigenvalue weighted by Gasteiger charge is -2.34. The number of hydrogen-bond acceptors (Lipinski definition) is 5. The summed E-state index contributed by atoms with van der Waals surface area (Å²) in [5.41, 5.74) is 1.38. The smallest absolute Gasteiger partial charge is 0.251 e. The molecule has 3 rings (SSSR count). The van der Waals surface area contributed by atoms with Gasteiger partial charge >= 0.3 is 0 Å². The van der Waals surface area contributed by atoms with Crippen LogP contribution in [0.2, 0.25) is 10.0 Å². The minimum absolute atomic E-state index is 0.0295. The molecule has 1 aromatic carbocycles. The summed E-state index contributed by atoms with van der Waals surface area (Å²) in [6.07, 6.45) is 1.89. The van der Waals surface area contributed by atoms with Crippen LogP contribution in [0.4, 0.5) is 11.8 Å². The van der Waals surface area contributed by atoms with Crippen molar-refractivity contribution in [3.63, 3.8) is 0 Å². The Balaban J connectivity index is 1.70. The van der Waals surface area contributed by atoms with Crippen molar-refractivity contribution >= 4 is 40.9 Å². The fraction of sp³-hybridized carbons (Fsp3) is 0.421. The maximum Gasteiger partial charge on any atom is 0.251 e. The summed E-state index contributed by atoms with van der Waals surface area (Å²) < 4.78 is 0. The van der Waals surface area contributed by atoms with Gasteiger partial charge in [-0.3, -0.25) is 4.79 Å². The maximum atomic E-state index is 12.6. The highest BCUT2D eigenvalue weighted by atomic mass is 35.5. The van der Waals surface area contributed by atoms with Crippen LogP contribution in [0.15, 0.2) is 24.3 Å². The maximum absolute atomic E-state index is 12.6. The number of rotatable bonds is 5. The third kappa shape index (κ3) is 5.23. The number of amides is 1. The number of nitrogens with zero attached hydrogens (tertiary/aromatic N) is 3. The molecule has 2 aromatic rings. The van der Waals surface area contributed by atoms with Crippen molar-refractivity contribution in [3.05, 3.63) is 45.6 Å². The van der Waals surface area contributed by atoms with Crippen LogP contribution in [-0.4, -0.2) is 41.6 Å². The van der Waals surface area contributed by atoms with E-state index in [1.165, 1.54) is 0 Å². The van der Waals surface area contributed by atoms with Gasteiger partial charge in [-0.15, -0.1) is 0 Å². The first-order valence-electron chi connectivity index (χ1n) is 9.06. The van der Waals surface area contributed by atoms with Crippen molar-refractivity contribution in [2.45, 2.75) is 32.7 Å². The minimum Gasteiger partial charge on any atom is -0.354 e. The summed E-state index contributed by atoms with van der Waals surface area (Å²) in [5, 5.41) is 7.15. The first-order valence-corrected chi connectivity index (χ1v) is 9.81. The molecule has 1 atom stereocenters. The van der Waals surface area contributed by atoms with E-state index in [0.29, 0.717) is 28.1 Å². The molecule has 8 heteroatoms. The van der Waals surface area contributed by atoms with Crippen LogP contribution < -0.4 is 15.5 Å². The standard InChI is InChI=1S/C19H23Cl2N5O/c1-3-22-19-23-12(2)7-17(25-19)26-6-4-5-16(11-26)24-18(27)13-8-14(20)10-15(21)9-13/h7-10,16H,3-6,11H2,1-2H3,(H,24,27)(H,22,23,25). The number of anilines is 2. The second-order valence-corrected chi connectivity index (χ2v) is 7.51. The van der Waals surface area contributed by atoms with Crippen molar-refractivity contribution in [3.8, 4) is 0 Å². The van der Waals surface area contributed by atoms with Gasteiger partial charge in [0, 0.05) is 53.0 Å². The summed E-state index contributed by atoms with van der Waals surface area (Å²) in [6.45, 7) is 6.33.